The van der Waals surface area contributed by atoms with E-state index in [9.17, 15) is 38.3 Å². The molecule has 3 amide bonds. The molecule has 0 radical (unpaired) electrons. The summed E-state index contributed by atoms with van der Waals surface area (Å²) in [4.78, 5) is 84.0. The number of carboxylic acid groups (broad SMARTS) is 1. The molecule has 0 aliphatic carbocycles. The minimum absolute atomic E-state index is 0.128. The van der Waals surface area contributed by atoms with Gasteiger partial charge in [0.2, 0.25) is 5.36 Å². The summed E-state index contributed by atoms with van der Waals surface area (Å²) in [6.45, 7) is 10.8. The zero-order valence-electron chi connectivity index (χ0n) is 56.9. The van der Waals surface area contributed by atoms with E-state index in [1.54, 1.807) is 45.9 Å². The van der Waals surface area contributed by atoms with Crippen molar-refractivity contribution < 1.29 is 89.9 Å². The first kappa shape index (κ1) is 76.3. The van der Waals surface area contributed by atoms with Gasteiger partial charge in [0.1, 0.15) is 66.6 Å². The third kappa shape index (κ3) is 19.6. The maximum absolute atomic E-state index is 13.9. The molecule has 1 fully saturated rings. The number of alkyl carbamates (subject to hydrolysis) is 2. The van der Waals surface area contributed by atoms with E-state index in [4.69, 9.17) is 53.0 Å². The Morgan fingerprint density at radius 1 is 0.851 bits per heavy atom. The van der Waals surface area contributed by atoms with Crippen LogP contribution in [0.4, 0.5) is 26.9 Å². The first-order chi connectivity index (χ1) is 48.9. The van der Waals surface area contributed by atoms with E-state index in [-0.39, 0.29) is 99.8 Å². The Kier molecular flexibility index (Phi) is 27.4. The highest BCUT2D eigenvalue weighted by Gasteiger charge is 2.48. The molecule has 4 aromatic rings. The molecule has 4 unspecified atom stereocenters. The van der Waals surface area contributed by atoms with Gasteiger partial charge in [-0.15, -0.1) is 4.89 Å². The number of rotatable bonds is 37. The fourth-order valence-electron chi connectivity index (χ4n) is 14.0. The fraction of sp³-hybridized carbons (Fsp3) is 0.567. The summed E-state index contributed by atoms with van der Waals surface area (Å²) in [5.74, 6) is 1.51. The Hall–Kier alpha value is -5.80. The molecular formula is C67H89N9O19P2S4+2. The second-order valence-electron chi connectivity index (χ2n) is 25.7. The van der Waals surface area contributed by atoms with E-state index < -0.39 is 59.1 Å². The number of nitrogens with one attached hydrogen (secondary N) is 3. The van der Waals surface area contributed by atoms with E-state index in [0.29, 0.717) is 60.9 Å². The van der Waals surface area contributed by atoms with E-state index in [0.717, 1.165) is 105 Å². The van der Waals surface area contributed by atoms with Crippen molar-refractivity contribution in [1.82, 2.24) is 30.5 Å². The molecule has 101 heavy (non-hydrogen) atoms. The van der Waals surface area contributed by atoms with Crippen molar-refractivity contribution in [3.63, 3.8) is 0 Å². The molecule has 0 saturated carbocycles. The lowest BCUT2D eigenvalue weighted by atomic mass is 9.81. The van der Waals surface area contributed by atoms with Crippen LogP contribution in [0.3, 0.4) is 0 Å². The van der Waals surface area contributed by atoms with Gasteiger partial charge < -0.3 is 74.5 Å². The van der Waals surface area contributed by atoms with Crippen LogP contribution in [-0.4, -0.2) is 202 Å². The number of carbonyl (C=O) groups is 4. The Bertz CT molecular complexity index is 3890. The third-order valence-corrected chi connectivity index (χ3v) is 24.8. The second-order valence-corrected chi connectivity index (χ2v) is 33.4. The quantitative estimate of drug-likeness (QED) is 0.00498. The highest BCUT2D eigenvalue weighted by Crippen LogP contribution is 2.52. The lowest BCUT2D eigenvalue weighted by Gasteiger charge is -2.39. The van der Waals surface area contributed by atoms with Gasteiger partial charge in [-0.2, -0.15) is 0 Å². The number of nitrogens with two attached hydrogens (primary N) is 1. The normalized spacial score (nSPS) is 19.5. The number of nitrogen functional groups attached to an aromatic ring is 1. The standard InChI is InChI=1S/C67H87N9O19P2S4/c1-67(2,101-100-40-88-26-4-5-27-89-65(80)70-19-6-11-45-36-76(62-54(45)61(68)72-39-73-62)52-37-91-53(60(52)92-41-99-98-3)38-93-97(84,85)95-96(82)83)18-28-90-66(81)71-21-30-87-32-31-86-29-20-69-63(77)44-16-17-46(64(78)79)49(35-44)55-50-33-42-12-7-22-74-24-9-14-47(56(42)74)58(50)94-59-48-15-10-25-75-23-8-13-43(57(48)75)34-51(55)59/h6,11,16-17,33-35,39,45,52-53,60H,4-5,7-10,12-15,18-32,36-38,40-41H2,1-3H3,(H6-2,68,69,70,71,72,73,77,78,79,80,81,82,83,84,85)/p+2/b11-6+/t45?,52-,53-,60?/m1/s1. The molecule has 7 aliphatic rings. The summed E-state index contributed by atoms with van der Waals surface area (Å²) >= 11 is 0. The molecular weight excluding hydrogens is 1420 g/mol. The zero-order valence-corrected chi connectivity index (χ0v) is 61.9. The largest absolute Gasteiger partial charge is 0.705 e. The lowest BCUT2D eigenvalue weighted by molar-refractivity contribution is -0.0197. The summed E-state index contributed by atoms with van der Waals surface area (Å²) in [5, 5.41) is 21.3. The number of aromatic nitrogens is 2. The highest BCUT2D eigenvalue weighted by atomic mass is 33.1. The topological polar surface area (TPSA) is 353 Å². The van der Waals surface area contributed by atoms with Crippen LogP contribution in [0.25, 0.3) is 5.57 Å². The highest BCUT2D eigenvalue weighted by molar-refractivity contribution is 8.77. The van der Waals surface area contributed by atoms with E-state index in [2.05, 4.69) is 65.7 Å². The number of phosphoric acid groups is 1. The van der Waals surface area contributed by atoms with Gasteiger partial charge in [-0.05, 0) is 124 Å². The summed E-state index contributed by atoms with van der Waals surface area (Å²) in [6, 6.07) is 8.91. The van der Waals surface area contributed by atoms with Crippen LogP contribution in [0.5, 0.6) is 11.5 Å². The number of amides is 3. The molecule has 28 nitrogen and oxygen atoms in total. The van der Waals surface area contributed by atoms with Crippen molar-refractivity contribution in [3.8, 4) is 11.5 Å². The summed E-state index contributed by atoms with van der Waals surface area (Å²) in [7, 11) is -2.11. The van der Waals surface area contributed by atoms with Gasteiger partial charge in [0, 0.05) is 118 Å². The van der Waals surface area contributed by atoms with Crippen LogP contribution in [0.2, 0.25) is 0 Å². The molecule has 0 spiro atoms. The van der Waals surface area contributed by atoms with Crippen molar-refractivity contribution in [2.75, 3.05) is 145 Å². The predicted molar refractivity (Wildman–Crippen MR) is 387 cm³/mol. The van der Waals surface area contributed by atoms with Gasteiger partial charge in [-0.3, -0.25) is 14.2 Å². The van der Waals surface area contributed by atoms with Crippen molar-refractivity contribution in [2.45, 2.75) is 113 Å². The van der Waals surface area contributed by atoms with Gasteiger partial charge in [-0.25, -0.2) is 33.5 Å². The Morgan fingerprint density at radius 2 is 1.59 bits per heavy atom. The number of ether oxygens (including phenoxy) is 8. The molecule has 6 atom stereocenters. The molecule has 1 aromatic heterocycles. The SMILES string of the molecule is CSSCOC1[C@H](N2CC(/C=C/CNC(=O)OCCCCOCSSC(C)(C)CCOC(=O)NCCOCCOCCNC(=O)c3ccc(C(=O)O)c(C4=c5cc6c7c(c5Oc5c4cc4c8c5CCCN8CCC4)CCC[N+]=7CCC6)c3)c3c(N)ncnc32)CO[C@@H]1COP(=O)(O)O[P+](=O)O. The lowest BCUT2D eigenvalue weighted by Crippen LogP contribution is -2.47. The average Bonchev–Trinajstić information content (AvgIpc) is 1.38. The maximum Gasteiger partial charge on any atom is 0.705 e. The summed E-state index contributed by atoms with van der Waals surface area (Å²) < 4.78 is 81.9. The van der Waals surface area contributed by atoms with Gasteiger partial charge in [0.15, 0.2) is 0 Å². The van der Waals surface area contributed by atoms with Gasteiger partial charge in [0.25, 0.3) is 5.91 Å². The number of unbranched alkanes of at least 4 members (excludes halogenated alkanes) is 1. The number of hydrogen-bond acceptors (Lipinski definition) is 25. The first-order valence-corrected chi connectivity index (χ1v) is 41.7. The van der Waals surface area contributed by atoms with Gasteiger partial charge in [-0.1, -0.05) is 55.3 Å². The minimum Gasteiger partial charge on any atom is -0.478 e. The van der Waals surface area contributed by atoms with E-state index >= 15 is 0 Å². The monoisotopic (exact) mass is 1510 g/mol. The van der Waals surface area contributed by atoms with Crippen LogP contribution < -0.4 is 51.4 Å². The second kappa shape index (κ2) is 36.3. The van der Waals surface area contributed by atoms with Gasteiger partial charge in [0.05, 0.1) is 70.0 Å². The average molecular weight is 1510 g/mol. The van der Waals surface area contributed by atoms with Crippen LogP contribution >= 0.6 is 59.3 Å². The Morgan fingerprint density at radius 3 is 2.39 bits per heavy atom. The number of benzene rings is 3. The molecule has 34 heteroatoms. The zero-order chi connectivity index (χ0) is 71.0. The molecule has 0 bridgehead atoms. The van der Waals surface area contributed by atoms with Crippen LogP contribution in [0.1, 0.15) is 124 Å². The number of phosphoric ester groups is 1. The Labute approximate surface area is 603 Å². The number of fused-ring (bicyclic) bond motifs is 5. The molecule has 8 heterocycles. The minimum atomic E-state index is -4.85. The predicted octanol–water partition coefficient (Wildman–Crippen LogP) is 7.78. The summed E-state index contributed by atoms with van der Waals surface area (Å²) in [5.41, 5.74) is 15.9. The summed E-state index contributed by atoms with van der Waals surface area (Å²) in [6.07, 6.45) is 14.0. The number of aryl methyl sites for hydroxylation is 2. The molecule has 7 aliphatic heterocycles. The van der Waals surface area contributed by atoms with Crippen molar-refractivity contribution in [3.05, 3.63) is 109 Å². The molecule has 11 rings (SSSR count). The van der Waals surface area contributed by atoms with Crippen molar-refractivity contribution in [2.24, 2.45) is 0 Å². The fourth-order valence-corrected chi connectivity index (χ4v) is 18.2. The number of carbonyl (C=O) groups excluding carboxylic acids is 3. The third-order valence-electron chi connectivity index (χ3n) is 18.4. The maximum atomic E-state index is 13.9. The molecule has 3 aromatic carbocycles. The number of carboxylic acids is 1. The molecule has 8 N–H and O–H groups in total. The number of nitrogens with zero attached hydrogens (tertiary/aromatic N) is 5. The number of aromatic carboxylic acids is 1. The van der Waals surface area contributed by atoms with Crippen molar-refractivity contribution >= 4 is 106 Å². The van der Waals surface area contributed by atoms with Crippen LogP contribution in [-0.2, 0) is 76.8 Å². The molecule has 548 valence electrons. The number of hydrogen-bond donors (Lipinski definition) is 7. The number of anilines is 3. The first-order valence-electron chi connectivity index (χ1n) is 34.1. The van der Waals surface area contributed by atoms with E-state index in [1.807, 2.05) is 17.2 Å². The molecule has 1 saturated heterocycles. The van der Waals surface area contributed by atoms with Gasteiger partial charge >= 0.3 is 34.2 Å². The van der Waals surface area contributed by atoms with Crippen molar-refractivity contribution in [1.29, 1.82) is 0 Å². The van der Waals surface area contributed by atoms with Crippen LogP contribution in [0, 0.1) is 0 Å². The van der Waals surface area contributed by atoms with Crippen LogP contribution in [0.15, 0.2) is 48.8 Å². The smallest absolute Gasteiger partial charge is 0.478 e. The Balaban J connectivity index is 0.530. The van der Waals surface area contributed by atoms with E-state index in [1.165, 1.54) is 61.2 Å².